The van der Waals surface area contributed by atoms with Crippen LogP contribution in [0.25, 0.3) is 0 Å². The van der Waals surface area contributed by atoms with Gasteiger partial charge in [-0.3, -0.25) is 0 Å². The monoisotopic (exact) mass is 352 g/mol. The number of ether oxygens (including phenoxy) is 3. The van der Waals surface area contributed by atoms with Crippen LogP contribution >= 0.6 is 11.3 Å². The number of aliphatic hydroxyl groups excluding tert-OH is 1. The molecular weight excluding hydrogens is 328 g/mol. The van der Waals surface area contributed by atoms with Crippen LogP contribution in [0.15, 0.2) is 35.8 Å². The molecule has 1 heterocycles. The standard InChI is InChI=1S/C17H24N2O4S/c1-13(2)19-11-14(20)12-23-16-5-3-15(4-6-16)21-8-9-22-17-18-7-10-24-17/h3-7,10,13-14,19-20H,8-9,11-12H2,1-2H3. The summed E-state index contributed by atoms with van der Waals surface area (Å²) in [6, 6.07) is 7.64. The molecule has 0 amide bonds. The molecular formula is C17H24N2O4S. The normalized spacial score (nSPS) is 12.2. The van der Waals surface area contributed by atoms with Crippen molar-refractivity contribution in [2.24, 2.45) is 0 Å². The lowest BCUT2D eigenvalue weighted by Crippen LogP contribution is -2.35. The fraction of sp³-hybridized carbons (Fsp3) is 0.471. The number of benzene rings is 1. The minimum atomic E-state index is -0.536. The van der Waals surface area contributed by atoms with E-state index in [-0.39, 0.29) is 6.61 Å². The molecule has 132 valence electrons. The summed E-state index contributed by atoms with van der Waals surface area (Å²) in [4.78, 5) is 4.03. The van der Waals surface area contributed by atoms with Crippen LogP contribution in [0, 0.1) is 0 Å². The van der Waals surface area contributed by atoms with Gasteiger partial charge in [0.2, 0.25) is 0 Å². The molecule has 1 aromatic carbocycles. The van der Waals surface area contributed by atoms with Crippen molar-refractivity contribution in [1.29, 1.82) is 0 Å². The highest BCUT2D eigenvalue weighted by Crippen LogP contribution is 2.18. The van der Waals surface area contributed by atoms with Crippen LogP contribution in [-0.4, -0.2) is 48.6 Å². The van der Waals surface area contributed by atoms with Gasteiger partial charge in [0.05, 0.1) is 0 Å². The lowest BCUT2D eigenvalue weighted by Gasteiger charge is -2.15. The Balaban J connectivity index is 1.63. The number of hydrogen-bond donors (Lipinski definition) is 2. The topological polar surface area (TPSA) is 72.8 Å². The second kappa shape index (κ2) is 10.1. The fourth-order valence-corrected chi connectivity index (χ4v) is 2.34. The average Bonchev–Trinajstić information content (AvgIpc) is 3.09. The van der Waals surface area contributed by atoms with Gasteiger partial charge in [0.1, 0.15) is 37.4 Å². The van der Waals surface area contributed by atoms with Gasteiger partial charge in [-0.25, -0.2) is 4.98 Å². The van der Waals surface area contributed by atoms with Crippen molar-refractivity contribution in [1.82, 2.24) is 10.3 Å². The summed E-state index contributed by atoms with van der Waals surface area (Å²) in [6.07, 6.45) is 1.17. The van der Waals surface area contributed by atoms with Crippen LogP contribution in [0.1, 0.15) is 13.8 Å². The van der Waals surface area contributed by atoms with Gasteiger partial charge in [-0.1, -0.05) is 25.2 Å². The number of nitrogens with zero attached hydrogens (tertiary/aromatic N) is 1. The largest absolute Gasteiger partial charge is 0.491 e. The molecule has 0 aliphatic rings. The van der Waals surface area contributed by atoms with Crippen LogP contribution < -0.4 is 19.5 Å². The number of nitrogens with one attached hydrogen (secondary N) is 1. The van der Waals surface area contributed by atoms with Crippen molar-refractivity contribution < 1.29 is 19.3 Å². The van der Waals surface area contributed by atoms with E-state index < -0.39 is 6.10 Å². The van der Waals surface area contributed by atoms with E-state index in [9.17, 15) is 5.11 Å². The highest BCUT2D eigenvalue weighted by molar-refractivity contribution is 7.11. The minimum Gasteiger partial charge on any atom is -0.491 e. The molecule has 0 saturated heterocycles. The van der Waals surface area contributed by atoms with Crippen molar-refractivity contribution in [2.75, 3.05) is 26.4 Å². The zero-order chi connectivity index (χ0) is 17.2. The molecule has 0 saturated carbocycles. The predicted molar refractivity (Wildman–Crippen MR) is 94.2 cm³/mol. The Morgan fingerprint density at radius 1 is 1.08 bits per heavy atom. The predicted octanol–water partition coefficient (Wildman–Crippen LogP) is 2.34. The fourth-order valence-electron chi connectivity index (χ4n) is 1.83. The van der Waals surface area contributed by atoms with E-state index in [1.807, 2.05) is 43.5 Å². The Labute approximate surface area is 146 Å². The van der Waals surface area contributed by atoms with Crippen molar-refractivity contribution in [3.63, 3.8) is 0 Å². The van der Waals surface area contributed by atoms with E-state index in [1.54, 1.807) is 6.20 Å². The Kier molecular flexibility index (Phi) is 7.81. The van der Waals surface area contributed by atoms with Crippen LogP contribution in [0.3, 0.4) is 0 Å². The molecule has 0 aliphatic carbocycles. The molecule has 1 aromatic heterocycles. The molecule has 1 unspecified atom stereocenters. The van der Waals surface area contributed by atoms with Crippen LogP contribution in [0.5, 0.6) is 16.7 Å². The van der Waals surface area contributed by atoms with Crippen LogP contribution in [-0.2, 0) is 0 Å². The molecule has 24 heavy (non-hydrogen) atoms. The van der Waals surface area contributed by atoms with E-state index in [0.29, 0.717) is 36.7 Å². The highest BCUT2D eigenvalue weighted by Gasteiger charge is 2.06. The van der Waals surface area contributed by atoms with E-state index in [2.05, 4.69) is 10.3 Å². The summed E-state index contributed by atoms with van der Waals surface area (Å²) in [5.74, 6) is 1.44. The average molecular weight is 352 g/mol. The van der Waals surface area contributed by atoms with Gasteiger partial charge in [-0.15, -0.1) is 0 Å². The number of thiazole rings is 1. The van der Waals surface area contributed by atoms with Crippen LogP contribution in [0.2, 0.25) is 0 Å². The Morgan fingerprint density at radius 3 is 2.38 bits per heavy atom. The molecule has 0 aliphatic heterocycles. The highest BCUT2D eigenvalue weighted by atomic mass is 32.1. The first kappa shape index (κ1) is 18.5. The second-order valence-corrected chi connectivity index (χ2v) is 6.35. The molecule has 2 aromatic rings. The molecule has 0 spiro atoms. The van der Waals surface area contributed by atoms with Crippen LogP contribution in [0.4, 0.5) is 0 Å². The number of aromatic nitrogens is 1. The first-order valence-electron chi connectivity index (χ1n) is 7.93. The third-order valence-corrected chi connectivity index (χ3v) is 3.70. The quantitative estimate of drug-likeness (QED) is 0.605. The number of aliphatic hydroxyl groups is 1. The molecule has 6 nitrogen and oxygen atoms in total. The van der Waals surface area contributed by atoms with E-state index in [1.165, 1.54) is 11.3 Å². The third-order valence-electron chi connectivity index (χ3n) is 3.02. The van der Waals surface area contributed by atoms with Gasteiger partial charge >= 0.3 is 0 Å². The molecule has 0 fully saturated rings. The number of hydrogen-bond acceptors (Lipinski definition) is 7. The summed E-state index contributed by atoms with van der Waals surface area (Å²) in [5, 5.41) is 15.5. The Bertz CT molecular complexity index is 560. The maximum atomic E-state index is 9.81. The summed E-state index contributed by atoms with van der Waals surface area (Å²) < 4.78 is 16.6. The minimum absolute atomic E-state index is 0.252. The van der Waals surface area contributed by atoms with Crippen molar-refractivity contribution in [2.45, 2.75) is 26.0 Å². The lowest BCUT2D eigenvalue weighted by atomic mass is 10.3. The molecule has 0 radical (unpaired) electrons. The van der Waals surface area contributed by atoms with Gasteiger partial charge in [0, 0.05) is 24.2 Å². The van der Waals surface area contributed by atoms with Gasteiger partial charge in [0.25, 0.3) is 5.19 Å². The first-order chi connectivity index (χ1) is 11.6. The molecule has 0 bridgehead atoms. The summed E-state index contributed by atoms with van der Waals surface area (Å²) in [5.41, 5.74) is 0. The van der Waals surface area contributed by atoms with Crippen molar-refractivity contribution in [3.8, 4) is 16.7 Å². The van der Waals surface area contributed by atoms with Gasteiger partial charge < -0.3 is 24.6 Å². The first-order valence-corrected chi connectivity index (χ1v) is 8.81. The van der Waals surface area contributed by atoms with Crippen molar-refractivity contribution >= 4 is 11.3 Å². The van der Waals surface area contributed by atoms with E-state index in [4.69, 9.17) is 14.2 Å². The van der Waals surface area contributed by atoms with E-state index in [0.717, 1.165) is 5.75 Å². The van der Waals surface area contributed by atoms with E-state index >= 15 is 0 Å². The van der Waals surface area contributed by atoms with Gasteiger partial charge in [0.15, 0.2) is 0 Å². The summed E-state index contributed by atoms with van der Waals surface area (Å²) >= 11 is 1.45. The van der Waals surface area contributed by atoms with Gasteiger partial charge in [-0.2, -0.15) is 0 Å². The third kappa shape index (κ3) is 7.16. The maximum Gasteiger partial charge on any atom is 0.273 e. The smallest absolute Gasteiger partial charge is 0.273 e. The zero-order valence-corrected chi connectivity index (χ0v) is 14.8. The summed E-state index contributed by atoms with van der Waals surface area (Å²) in [7, 11) is 0. The Hall–Kier alpha value is -1.83. The number of rotatable bonds is 11. The molecule has 7 heteroatoms. The van der Waals surface area contributed by atoms with Crippen molar-refractivity contribution in [3.05, 3.63) is 35.8 Å². The molecule has 2 rings (SSSR count). The Morgan fingerprint density at radius 2 is 1.75 bits per heavy atom. The molecule has 2 N–H and O–H groups in total. The summed E-state index contributed by atoms with van der Waals surface area (Å²) in [6.45, 7) is 5.72. The molecule has 1 atom stereocenters. The maximum absolute atomic E-state index is 9.81. The zero-order valence-electron chi connectivity index (χ0n) is 14.0. The second-order valence-electron chi connectivity index (χ2n) is 5.49. The SMILES string of the molecule is CC(C)NCC(O)COc1ccc(OCCOc2nccs2)cc1. The van der Waals surface area contributed by atoms with Gasteiger partial charge in [-0.05, 0) is 24.3 Å². The lowest BCUT2D eigenvalue weighted by molar-refractivity contribution is 0.104.